The highest BCUT2D eigenvalue weighted by Gasteiger charge is 2.22. The van der Waals surface area contributed by atoms with Crippen LogP contribution in [0, 0.1) is 6.92 Å². The van der Waals surface area contributed by atoms with Gasteiger partial charge in [-0.05, 0) is 25.5 Å². The van der Waals surface area contributed by atoms with Gasteiger partial charge >= 0.3 is 0 Å². The van der Waals surface area contributed by atoms with Gasteiger partial charge in [0.1, 0.15) is 11.3 Å². The molecule has 0 N–H and O–H groups in total. The quantitative estimate of drug-likeness (QED) is 0.716. The van der Waals surface area contributed by atoms with Crippen molar-refractivity contribution in [1.82, 2.24) is 10.1 Å². The lowest BCUT2D eigenvalue weighted by Gasteiger charge is -2.13. The largest absolute Gasteiger partial charge is 0.497 e. The van der Waals surface area contributed by atoms with Gasteiger partial charge in [-0.3, -0.25) is 4.79 Å². The summed E-state index contributed by atoms with van der Waals surface area (Å²) in [5, 5.41) is 4.84. The Balaban J connectivity index is 1.85. The molecule has 0 radical (unpaired) electrons. The number of hydrogen-bond donors (Lipinski definition) is 0. The van der Waals surface area contributed by atoms with Crippen LogP contribution in [0.4, 0.5) is 0 Å². The average Bonchev–Trinajstić information content (AvgIpc) is 3.18. The molecule has 0 bridgehead atoms. The summed E-state index contributed by atoms with van der Waals surface area (Å²) < 4.78 is 16.2. The molecule has 0 aliphatic rings. The third-order valence-corrected chi connectivity index (χ3v) is 4.05. The van der Waals surface area contributed by atoms with E-state index in [1.165, 1.54) is 0 Å². The molecule has 0 spiro atoms. The summed E-state index contributed by atoms with van der Waals surface area (Å²) in [5.41, 5.74) is 2.32. The maximum absolute atomic E-state index is 12.7. The number of hydrogen-bond acceptors (Lipinski definition) is 5. The highest BCUT2D eigenvalue weighted by atomic mass is 16.5. The summed E-state index contributed by atoms with van der Waals surface area (Å²) >= 11 is 0. The van der Waals surface area contributed by atoms with Gasteiger partial charge in [-0.15, -0.1) is 0 Å². The molecule has 6 nitrogen and oxygen atoms in total. The third kappa shape index (κ3) is 2.87. The van der Waals surface area contributed by atoms with Gasteiger partial charge in [-0.25, -0.2) is 0 Å². The number of methoxy groups -OCH3 is 1. The number of rotatable bonds is 5. The van der Waals surface area contributed by atoms with Gasteiger partial charge in [0.05, 0.1) is 19.3 Å². The predicted molar refractivity (Wildman–Crippen MR) is 89.2 cm³/mol. The van der Waals surface area contributed by atoms with E-state index in [2.05, 4.69) is 5.16 Å². The molecule has 2 aromatic heterocycles. The molecule has 0 aliphatic carbocycles. The first kappa shape index (κ1) is 16.1. The van der Waals surface area contributed by atoms with Crippen molar-refractivity contribution in [2.45, 2.75) is 26.8 Å². The first-order chi connectivity index (χ1) is 11.5. The van der Waals surface area contributed by atoms with Crippen molar-refractivity contribution >= 4 is 16.9 Å². The molecule has 1 aromatic carbocycles. The molecular formula is C18H20N2O4. The number of aromatic nitrogens is 1. The average molecular weight is 328 g/mol. The molecule has 0 atom stereocenters. The Morgan fingerprint density at radius 2 is 2.12 bits per heavy atom. The van der Waals surface area contributed by atoms with Crippen LogP contribution in [-0.2, 0) is 13.0 Å². The van der Waals surface area contributed by atoms with Crippen molar-refractivity contribution in [1.29, 1.82) is 0 Å². The van der Waals surface area contributed by atoms with E-state index in [1.807, 2.05) is 32.0 Å². The second-order valence-corrected chi connectivity index (χ2v) is 5.72. The minimum Gasteiger partial charge on any atom is -0.497 e. The molecule has 1 amide bonds. The van der Waals surface area contributed by atoms with E-state index >= 15 is 0 Å². The molecule has 0 saturated heterocycles. The minimum absolute atomic E-state index is 0.197. The van der Waals surface area contributed by atoms with Gasteiger partial charge in [0.15, 0.2) is 11.5 Å². The van der Waals surface area contributed by atoms with Crippen molar-refractivity contribution in [2.75, 3.05) is 14.2 Å². The van der Waals surface area contributed by atoms with Gasteiger partial charge in [-0.1, -0.05) is 12.1 Å². The second kappa shape index (κ2) is 6.39. The van der Waals surface area contributed by atoms with E-state index in [-0.39, 0.29) is 5.91 Å². The molecule has 2 heterocycles. The van der Waals surface area contributed by atoms with E-state index in [1.54, 1.807) is 25.1 Å². The molecule has 126 valence electrons. The van der Waals surface area contributed by atoms with Crippen LogP contribution in [0.25, 0.3) is 11.0 Å². The minimum atomic E-state index is -0.197. The van der Waals surface area contributed by atoms with Crippen molar-refractivity contribution in [3.8, 4) is 5.75 Å². The van der Waals surface area contributed by atoms with Crippen molar-refractivity contribution in [3.05, 3.63) is 47.0 Å². The van der Waals surface area contributed by atoms with E-state index < -0.39 is 0 Å². The van der Waals surface area contributed by atoms with Crippen LogP contribution >= 0.6 is 0 Å². The maximum atomic E-state index is 12.7. The van der Waals surface area contributed by atoms with E-state index in [0.717, 1.165) is 23.1 Å². The molecule has 0 unspecified atom stereocenters. The standard InChI is InChI=1S/C18H20N2O4/c1-5-12-8-14(24-19-12)10-20(3)18(21)17-11(2)15-7-6-13(22-4)9-16(15)23-17/h6-9H,5,10H2,1-4H3. The molecule has 0 saturated carbocycles. The first-order valence-electron chi connectivity index (χ1n) is 7.80. The molecule has 3 aromatic rings. The second-order valence-electron chi connectivity index (χ2n) is 5.72. The van der Waals surface area contributed by atoms with Gasteiger partial charge < -0.3 is 18.6 Å². The number of carbonyl (C=O) groups is 1. The summed E-state index contributed by atoms with van der Waals surface area (Å²) in [6.45, 7) is 4.22. The highest BCUT2D eigenvalue weighted by molar-refractivity contribution is 5.99. The summed E-state index contributed by atoms with van der Waals surface area (Å²) in [7, 11) is 3.31. The zero-order chi connectivity index (χ0) is 17.3. The fourth-order valence-electron chi connectivity index (χ4n) is 2.61. The van der Waals surface area contributed by atoms with Crippen LogP contribution in [0.2, 0.25) is 0 Å². The number of aryl methyl sites for hydroxylation is 2. The third-order valence-electron chi connectivity index (χ3n) is 4.05. The van der Waals surface area contributed by atoms with Gasteiger partial charge in [0.2, 0.25) is 0 Å². The van der Waals surface area contributed by atoms with Crippen LogP contribution in [0.15, 0.2) is 33.2 Å². The normalized spacial score (nSPS) is 11.0. The fraction of sp³-hybridized carbons (Fsp3) is 0.333. The Morgan fingerprint density at radius 1 is 1.33 bits per heavy atom. The predicted octanol–water partition coefficient (Wildman–Crippen LogP) is 3.57. The number of furan rings is 1. The Kier molecular flexibility index (Phi) is 4.29. The molecule has 0 aliphatic heterocycles. The maximum Gasteiger partial charge on any atom is 0.290 e. The van der Waals surface area contributed by atoms with Gasteiger partial charge in [0, 0.05) is 30.1 Å². The topological polar surface area (TPSA) is 68.7 Å². The summed E-state index contributed by atoms with van der Waals surface area (Å²) in [4.78, 5) is 14.3. The fourth-order valence-corrected chi connectivity index (χ4v) is 2.61. The summed E-state index contributed by atoms with van der Waals surface area (Å²) in [6.07, 6.45) is 0.797. The van der Waals surface area contributed by atoms with Crippen LogP contribution in [0.5, 0.6) is 5.75 Å². The Bertz CT molecular complexity index is 878. The lowest BCUT2D eigenvalue weighted by atomic mass is 10.1. The highest BCUT2D eigenvalue weighted by Crippen LogP contribution is 2.29. The number of benzene rings is 1. The number of fused-ring (bicyclic) bond motifs is 1. The number of nitrogens with zero attached hydrogens (tertiary/aromatic N) is 2. The van der Waals surface area contributed by atoms with E-state index in [9.17, 15) is 4.79 Å². The van der Waals surface area contributed by atoms with Gasteiger partial charge in [0.25, 0.3) is 5.91 Å². The zero-order valence-electron chi connectivity index (χ0n) is 14.3. The Labute approximate surface area is 140 Å². The Morgan fingerprint density at radius 3 is 2.79 bits per heavy atom. The van der Waals surface area contributed by atoms with Crippen LogP contribution in [0.3, 0.4) is 0 Å². The molecule has 0 fully saturated rings. The number of ether oxygens (including phenoxy) is 1. The van der Waals surface area contributed by atoms with Crippen molar-refractivity contribution in [2.24, 2.45) is 0 Å². The van der Waals surface area contributed by atoms with Crippen LogP contribution in [0.1, 0.15) is 34.5 Å². The monoisotopic (exact) mass is 328 g/mol. The lowest BCUT2D eigenvalue weighted by Crippen LogP contribution is -2.26. The SMILES string of the molecule is CCc1cc(CN(C)C(=O)c2oc3cc(OC)ccc3c2C)on1. The molecule has 3 rings (SSSR count). The van der Waals surface area contributed by atoms with Crippen LogP contribution in [-0.4, -0.2) is 30.1 Å². The first-order valence-corrected chi connectivity index (χ1v) is 7.80. The zero-order valence-corrected chi connectivity index (χ0v) is 14.3. The van der Waals surface area contributed by atoms with Crippen LogP contribution < -0.4 is 4.74 Å². The molecule has 6 heteroatoms. The van der Waals surface area contributed by atoms with Crippen molar-refractivity contribution in [3.63, 3.8) is 0 Å². The molecular weight excluding hydrogens is 308 g/mol. The summed E-state index contributed by atoms with van der Waals surface area (Å²) in [5.74, 6) is 1.48. The lowest BCUT2D eigenvalue weighted by molar-refractivity contribution is 0.0742. The van der Waals surface area contributed by atoms with Crippen molar-refractivity contribution < 1.29 is 18.5 Å². The number of amides is 1. The smallest absolute Gasteiger partial charge is 0.290 e. The molecule has 24 heavy (non-hydrogen) atoms. The number of carbonyl (C=O) groups excluding carboxylic acids is 1. The summed E-state index contributed by atoms with van der Waals surface area (Å²) in [6, 6.07) is 7.39. The van der Waals surface area contributed by atoms with E-state index in [4.69, 9.17) is 13.7 Å². The van der Waals surface area contributed by atoms with Gasteiger partial charge in [-0.2, -0.15) is 0 Å². The van der Waals surface area contributed by atoms with E-state index in [0.29, 0.717) is 29.4 Å². The Hall–Kier alpha value is -2.76.